The minimum atomic E-state index is 0.337. The fourth-order valence-electron chi connectivity index (χ4n) is 1.21. The standard InChI is InChI=1S/C11H17Br2NOS/c1-8(2)15-5-3-4-14-7-9-6-10(12)11(13)16-9/h6,8,14H,3-5,7H2,1-2H3. The maximum absolute atomic E-state index is 5.46. The number of hydrogen-bond donors (Lipinski definition) is 1. The van der Waals surface area contributed by atoms with Crippen LogP contribution < -0.4 is 5.32 Å². The van der Waals surface area contributed by atoms with Crippen LogP contribution >= 0.6 is 43.2 Å². The van der Waals surface area contributed by atoms with Crippen LogP contribution in [0.4, 0.5) is 0 Å². The highest BCUT2D eigenvalue weighted by Gasteiger charge is 2.03. The molecule has 1 aromatic heterocycles. The van der Waals surface area contributed by atoms with Crippen LogP contribution in [0.5, 0.6) is 0 Å². The van der Waals surface area contributed by atoms with Crippen molar-refractivity contribution in [1.82, 2.24) is 5.32 Å². The lowest BCUT2D eigenvalue weighted by atomic mass is 10.4. The van der Waals surface area contributed by atoms with Gasteiger partial charge in [0.25, 0.3) is 0 Å². The van der Waals surface area contributed by atoms with E-state index >= 15 is 0 Å². The summed E-state index contributed by atoms with van der Waals surface area (Å²) in [4.78, 5) is 1.34. The molecule has 0 fully saturated rings. The molecule has 1 aromatic rings. The van der Waals surface area contributed by atoms with Crippen molar-refractivity contribution >= 4 is 43.2 Å². The summed E-state index contributed by atoms with van der Waals surface area (Å²) in [6.45, 7) is 6.89. The number of halogens is 2. The van der Waals surface area contributed by atoms with E-state index < -0.39 is 0 Å². The molecule has 0 bridgehead atoms. The molecule has 1 N–H and O–H groups in total. The van der Waals surface area contributed by atoms with Gasteiger partial charge in [-0.1, -0.05) is 0 Å². The Hall–Kier alpha value is 0.580. The Kier molecular flexibility index (Phi) is 7.16. The van der Waals surface area contributed by atoms with Crippen LogP contribution in [-0.2, 0) is 11.3 Å². The average Bonchev–Trinajstić information content (AvgIpc) is 2.52. The Morgan fingerprint density at radius 2 is 2.19 bits per heavy atom. The van der Waals surface area contributed by atoms with E-state index in [4.69, 9.17) is 4.74 Å². The molecule has 0 unspecified atom stereocenters. The first-order chi connectivity index (χ1) is 7.59. The minimum Gasteiger partial charge on any atom is -0.379 e. The molecule has 16 heavy (non-hydrogen) atoms. The van der Waals surface area contributed by atoms with Crippen LogP contribution in [0, 0.1) is 0 Å². The Morgan fingerprint density at radius 1 is 1.44 bits per heavy atom. The zero-order valence-corrected chi connectivity index (χ0v) is 13.5. The van der Waals surface area contributed by atoms with Gasteiger partial charge in [-0.2, -0.15) is 0 Å². The predicted molar refractivity (Wildman–Crippen MR) is 77.1 cm³/mol. The molecule has 0 amide bonds. The van der Waals surface area contributed by atoms with Gasteiger partial charge in [0, 0.05) is 22.5 Å². The van der Waals surface area contributed by atoms with Crippen molar-refractivity contribution in [3.8, 4) is 0 Å². The molecule has 0 atom stereocenters. The molecular formula is C11H17Br2NOS. The Bertz CT molecular complexity index is 295. The third-order valence-corrected chi connectivity index (χ3v) is 5.20. The molecule has 1 rings (SSSR count). The molecule has 0 radical (unpaired) electrons. The maximum atomic E-state index is 5.46. The molecule has 0 saturated heterocycles. The van der Waals surface area contributed by atoms with Crippen molar-refractivity contribution in [1.29, 1.82) is 0 Å². The number of nitrogens with one attached hydrogen (secondary N) is 1. The summed E-state index contributed by atoms with van der Waals surface area (Å²) in [6, 6.07) is 2.15. The first-order valence-corrected chi connectivity index (χ1v) is 7.76. The van der Waals surface area contributed by atoms with Gasteiger partial charge in [-0.3, -0.25) is 0 Å². The fraction of sp³-hybridized carbons (Fsp3) is 0.636. The normalized spacial score (nSPS) is 11.3. The summed E-state index contributed by atoms with van der Waals surface area (Å²) in [6.07, 6.45) is 1.40. The number of rotatable bonds is 7. The number of thiophene rings is 1. The Morgan fingerprint density at radius 3 is 2.75 bits per heavy atom. The third kappa shape index (κ3) is 5.77. The Labute approximate surface area is 118 Å². The van der Waals surface area contributed by atoms with E-state index in [0.717, 1.165) is 34.4 Å². The van der Waals surface area contributed by atoms with Gasteiger partial charge in [-0.05, 0) is 64.7 Å². The molecule has 1 heterocycles. The largest absolute Gasteiger partial charge is 0.379 e. The highest BCUT2D eigenvalue weighted by atomic mass is 79.9. The second kappa shape index (κ2) is 7.82. The van der Waals surface area contributed by atoms with Gasteiger partial charge in [0.15, 0.2) is 0 Å². The van der Waals surface area contributed by atoms with Crippen LogP contribution in [0.25, 0.3) is 0 Å². The third-order valence-electron chi connectivity index (χ3n) is 1.94. The zero-order valence-electron chi connectivity index (χ0n) is 9.56. The van der Waals surface area contributed by atoms with E-state index in [1.807, 2.05) is 0 Å². The monoisotopic (exact) mass is 369 g/mol. The van der Waals surface area contributed by atoms with Gasteiger partial charge in [-0.15, -0.1) is 11.3 Å². The lowest BCUT2D eigenvalue weighted by molar-refractivity contribution is 0.0770. The maximum Gasteiger partial charge on any atom is 0.0843 e. The van der Waals surface area contributed by atoms with Crippen molar-refractivity contribution in [3.63, 3.8) is 0 Å². The Balaban J connectivity index is 2.07. The second-order valence-corrected chi connectivity index (χ2v) is 7.09. The lowest BCUT2D eigenvalue weighted by Gasteiger charge is -2.07. The molecule has 5 heteroatoms. The summed E-state index contributed by atoms with van der Waals surface area (Å²) in [5.74, 6) is 0. The van der Waals surface area contributed by atoms with Gasteiger partial charge < -0.3 is 10.1 Å². The molecule has 92 valence electrons. The van der Waals surface area contributed by atoms with E-state index in [1.165, 1.54) is 4.88 Å². The summed E-state index contributed by atoms with van der Waals surface area (Å²) in [5, 5.41) is 3.40. The summed E-state index contributed by atoms with van der Waals surface area (Å²) in [5.41, 5.74) is 0. The van der Waals surface area contributed by atoms with Crippen LogP contribution in [0.1, 0.15) is 25.1 Å². The van der Waals surface area contributed by atoms with E-state index in [1.54, 1.807) is 11.3 Å². The minimum absolute atomic E-state index is 0.337. The van der Waals surface area contributed by atoms with Crippen LogP contribution in [0.3, 0.4) is 0 Å². The quantitative estimate of drug-likeness (QED) is 0.727. The van der Waals surface area contributed by atoms with Crippen molar-refractivity contribution in [2.45, 2.75) is 32.9 Å². The van der Waals surface area contributed by atoms with Crippen molar-refractivity contribution in [2.75, 3.05) is 13.2 Å². The van der Waals surface area contributed by atoms with E-state index in [2.05, 4.69) is 57.1 Å². The fourth-order valence-corrected chi connectivity index (χ4v) is 3.35. The van der Waals surface area contributed by atoms with Crippen LogP contribution in [0.15, 0.2) is 14.3 Å². The van der Waals surface area contributed by atoms with Crippen molar-refractivity contribution < 1.29 is 4.74 Å². The molecule has 0 aliphatic carbocycles. The lowest BCUT2D eigenvalue weighted by Crippen LogP contribution is -2.16. The molecule has 0 aliphatic rings. The van der Waals surface area contributed by atoms with Crippen molar-refractivity contribution in [3.05, 3.63) is 19.2 Å². The van der Waals surface area contributed by atoms with E-state index in [9.17, 15) is 0 Å². The van der Waals surface area contributed by atoms with E-state index in [0.29, 0.717) is 6.10 Å². The predicted octanol–water partition coefficient (Wildman–Crippen LogP) is 4.18. The van der Waals surface area contributed by atoms with Gasteiger partial charge in [0.1, 0.15) is 0 Å². The van der Waals surface area contributed by atoms with Crippen LogP contribution in [0.2, 0.25) is 0 Å². The van der Waals surface area contributed by atoms with Gasteiger partial charge in [-0.25, -0.2) is 0 Å². The van der Waals surface area contributed by atoms with Gasteiger partial charge in [0.2, 0.25) is 0 Å². The second-order valence-electron chi connectivity index (χ2n) is 3.78. The first kappa shape index (κ1) is 14.6. The smallest absolute Gasteiger partial charge is 0.0843 e. The number of ether oxygens (including phenoxy) is 1. The molecule has 0 aliphatic heterocycles. The molecule has 0 saturated carbocycles. The number of hydrogen-bond acceptors (Lipinski definition) is 3. The molecular weight excluding hydrogens is 354 g/mol. The zero-order chi connectivity index (χ0) is 12.0. The summed E-state index contributed by atoms with van der Waals surface area (Å²) >= 11 is 8.73. The molecule has 0 aromatic carbocycles. The highest BCUT2D eigenvalue weighted by Crippen LogP contribution is 2.32. The van der Waals surface area contributed by atoms with Gasteiger partial charge in [0.05, 0.1) is 9.89 Å². The summed E-state index contributed by atoms with van der Waals surface area (Å²) < 4.78 is 7.76. The molecule has 0 spiro atoms. The SMILES string of the molecule is CC(C)OCCCNCc1cc(Br)c(Br)s1. The summed E-state index contributed by atoms with van der Waals surface area (Å²) in [7, 11) is 0. The van der Waals surface area contributed by atoms with Gasteiger partial charge >= 0.3 is 0 Å². The molecule has 2 nitrogen and oxygen atoms in total. The highest BCUT2D eigenvalue weighted by molar-refractivity contribution is 9.13. The van der Waals surface area contributed by atoms with E-state index in [-0.39, 0.29) is 0 Å². The first-order valence-electron chi connectivity index (χ1n) is 5.35. The topological polar surface area (TPSA) is 21.3 Å². The van der Waals surface area contributed by atoms with Crippen LogP contribution in [-0.4, -0.2) is 19.3 Å². The van der Waals surface area contributed by atoms with Crippen molar-refractivity contribution in [2.24, 2.45) is 0 Å². The average molecular weight is 371 g/mol.